The van der Waals surface area contributed by atoms with Crippen LogP contribution in [0, 0.1) is 17.0 Å². The predicted molar refractivity (Wildman–Crippen MR) is 118 cm³/mol. The number of esters is 1. The summed E-state index contributed by atoms with van der Waals surface area (Å²) in [4.78, 5) is 47.3. The summed E-state index contributed by atoms with van der Waals surface area (Å²) in [6.07, 6.45) is 0. The first-order valence-corrected chi connectivity index (χ1v) is 10.4. The second kappa shape index (κ2) is 9.96. The second-order valence-corrected chi connectivity index (χ2v) is 7.60. The van der Waals surface area contributed by atoms with Gasteiger partial charge in [0.15, 0.2) is 11.5 Å². The zero-order chi connectivity index (χ0) is 24.1. The Balaban J connectivity index is 1.76. The number of thiophene rings is 1. The summed E-state index contributed by atoms with van der Waals surface area (Å²) in [7, 11) is 0. The number of hydrogen-bond donors (Lipinski definition) is 2. The lowest BCUT2D eigenvalue weighted by Crippen LogP contribution is -2.14. The van der Waals surface area contributed by atoms with E-state index in [9.17, 15) is 24.5 Å². The Morgan fingerprint density at radius 2 is 1.94 bits per heavy atom. The SMILES string of the molecule is CCOC(=O)c1c(NC(=O)c2ccc(COc3ccccc3[N+](=O)[O-])o2)sc(C(N)=O)c1C. The predicted octanol–water partition coefficient (Wildman–Crippen LogP) is 3.66. The molecule has 3 rings (SSSR count). The molecule has 2 heterocycles. The molecule has 11 nitrogen and oxygen atoms in total. The standard InChI is InChI=1S/C21H19N3O8S/c1-3-30-21(27)16-11(2)17(18(22)25)33-20(16)23-19(26)15-9-8-12(32-15)10-31-14-7-5-4-6-13(14)24(28)29/h4-9H,3,10H2,1-2H3,(H2,22,25)(H,23,26). The maximum Gasteiger partial charge on any atom is 0.341 e. The zero-order valence-corrected chi connectivity index (χ0v) is 18.4. The number of carbonyl (C=O) groups excluding carboxylic acids is 3. The lowest BCUT2D eigenvalue weighted by Gasteiger charge is -2.06. The molecule has 3 aromatic rings. The molecule has 0 aliphatic carbocycles. The van der Waals surface area contributed by atoms with E-state index in [2.05, 4.69) is 5.32 Å². The quantitative estimate of drug-likeness (QED) is 0.270. The number of nitrogens with two attached hydrogens (primary N) is 1. The second-order valence-electron chi connectivity index (χ2n) is 6.58. The van der Waals surface area contributed by atoms with Gasteiger partial charge in [-0.05, 0) is 37.6 Å². The summed E-state index contributed by atoms with van der Waals surface area (Å²) in [5, 5.41) is 13.7. The molecule has 0 unspecified atom stereocenters. The number of para-hydroxylation sites is 2. The number of furan rings is 1. The topological polar surface area (TPSA) is 164 Å². The van der Waals surface area contributed by atoms with E-state index in [1.807, 2.05) is 0 Å². The molecule has 0 saturated carbocycles. The van der Waals surface area contributed by atoms with Gasteiger partial charge in [0.1, 0.15) is 17.4 Å². The van der Waals surface area contributed by atoms with Crippen molar-refractivity contribution < 1.29 is 33.2 Å². The van der Waals surface area contributed by atoms with Crippen molar-refractivity contribution in [1.82, 2.24) is 0 Å². The number of amides is 2. The first-order valence-electron chi connectivity index (χ1n) is 9.59. The number of primary amides is 1. The minimum atomic E-state index is -0.740. The minimum Gasteiger partial charge on any atom is -0.479 e. The Bertz CT molecular complexity index is 1230. The molecule has 12 heteroatoms. The summed E-state index contributed by atoms with van der Waals surface area (Å²) in [5.41, 5.74) is 5.50. The number of carbonyl (C=O) groups is 3. The summed E-state index contributed by atoms with van der Waals surface area (Å²) in [5.74, 6) is -1.93. The molecule has 172 valence electrons. The molecular weight excluding hydrogens is 454 g/mol. The van der Waals surface area contributed by atoms with Crippen LogP contribution in [-0.4, -0.2) is 29.3 Å². The number of hydrogen-bond acceptors (Lipinski definition) is 9. The number of ether oxygens (including phenoxy) is 2. The van der Waals surface area contributed by atoms with Gasteiger partial charge in [-0.3, -0.25) is 19.7 Å². The molecule has 2 amide bonds. The van der Waals surface area contributed by atoms with E-state index in [4.69, 9.17) is 19.6 Å². The molecule has 0 radical (unpaired) electrons. The average molecular weight is 473 g/mol. The molecule has 0 spiro atoms. The van der Waals surface area contributed by atoms with E-state index in [1.165, 1.54) is 37.3 Å². The van der Waals surface area contributed by atoms with Gasteiger partial charge in [0.05, 0.1) is 22.0 Å². The highest BCUT2D eigenvalue weighted by molar-refractivity contribution is 7.18. The van der Waals surface area contributed by atoms with Crippen molar-refractivity contribution in [2.24, 2.45) is 5.73 Å². The van der Waals surface area contributed by atoms with Crippen LogP contribution in [-0.2, 0) is 11.3 Å². The van der Waals surface area contributed by atoms with Gasteiger partial charge in [0.25, 0.3) is 11.8 Å². The third kappa shape index (κ3) is 5.18. The Hall–Kier alpha value is -4.19. The van der Waals surface area contributed by atoms with Gasteiger partial charge in [-0.25, -0.2) is 4.79 Å². The largest absolute Gasteiger partial charge is 0.479 e. The van der Waals surface area contributed by atoms with Gasteiger partial charge in [-0.15, -0.1) is 11.3 Å². The van der Waals surface area contributed by atoms with E-state index in [0.29, 0.717) is 5.56 Å². The minimum absolute atomic E-state index is 0.0375. The van der Waals surface area contributed by atoms with Crippen LogP contribution in [0.15, 0.2) is 40.8 Å². The summed E-state index contributed by atoms with van der Waals surface area (Å²) in [6, 6.07) is 8.72. The van der Waals surface area contributed by atoms with Crippen LogP contribution in [0.3, 0.4) is 0 Å². The fourth-order valence-corrected chi connectivity index (χ4v) is 3.95. The van der Waals surface area contributed by atoms with Crippen molar-refractivity contribution in [2.45, 2.75) is 20.5 Å². The fourth-order valence-electron chi connectivity index (χ4n) is 2.91. The molecule has 33 heavy (non-hydrogen) atoms. The molecule has 1 aromatic carbocycles. The van der Waals surface area contributed by atoms with Crippen molar-refractivity contribution in [3.8, 4) is 5.75 Å². The highest BCUT2D eigenvalue weighted by Crippen LogP contribution is 2.34. The number of nitrogens with one attached hydrogen (secondary N) is 1. The van der Waals surface area contributed by atoms with Crippen molar-refractivity contribution in [2.75, 3.05) is 11.9 Å². The molecule has 0 saturated heterocycles. The Labute approximate surface area is 191 Å². The van der Waals surface area contributed by atoms with Crippen LogP contribution < -0.4 is 15.8 Å². The van der Waals surface area contributed by atoms with Crippen molar-refractivity contribution in [1.29, 1.82) is 0 Å². The average Bonchev–Trinajstić information content (AvgIpc) is 3.37. The molecular formula is C21H19N3O8S. The summed E-state index contributed by atoms with van der Waals surface area (Å²) >= 11 is 0.853. The Morgan fingerprint density at radius 1 is 1.21 bits per heavy atom. The van der Waals surface area contributed by atoms with Gasteiger partial charge in [-0.2, -0.15) is 0 Å². The number of nitro benzene ring substituents is 1. The van der Waals surface area contributed by atoms with Gasteiger partial charge < -0.3 is 24.9 Å². The monoisotopic (exact) mass is 473 g/mol. The van der Waals surface area contributed by atoms with Crippen LogP contribution in [0.2, 0.25) is 0 Å². The highest BCUT2D eigenvalue weighted by atomic mass is 32.1. The Kier molecular flexibility index (Phi) is 7.08. The molecule has 2 aromatic heterocycles. The molecule has 0 aliphatic rings. The van der Waals surface area contributed by atoms with E-state index in [1.54, 1.807) is 13.0 Å². The maximum atomic E-state index is 12.7. The van der Waals surface area contributed by atoms with Gasteiger partial charge in [0, 0.05) is 6.07 Å². The van der Waals surface area contributed by atoms with E-state index < -0.39 is 22.7 Å². The third-order valence-electron chi connectivity index (χ3n) is 4.39. The number of nitro groups is 1. The number of anilines is 1. The molecule has 0 bridgehead atoms. The van der Waals surface area contributed by atoms with Crippen LogP contribution in [0.25, 0.3) is 0 Å². The molecule has 3 N–H and O–H groups in total. The highest BCUT2D eigenvalue weighted by Gasteiger charge is 2.26. The van der Waals surface area contributed by atoms with Crippen molar-refractivity contribution in [3.63, 3.8) is 0 Å². The van der Waals surface area contributed by atoms with Gasteiger partial charge in [-0.1, -0.05) is 12.1 Å². The molecule has 0 aliphatic heterocycles. The molecule has 0 atom stereocenters. The van der Waals surface area contributed by atoms with Gasteiger partial charge >= 0.3 is 11.7 Å². The van der Waals surface area contributed by atoms with E-state index in [0.717, 1.165) is 11.3 Å². The first kappa shape index (κ1) is 23.5. The number of rotatable bonds is 9. The maximum absolute atomic E-state index is 12.7. The fraction of sp³-hybridized carbons (Fsp3) is 0.190. The van der Waals surface area contributed by atoms with E-state index >= 15 is 0 Å². The van der Waals surface area contributed by atoms with Crippen LogP contribution in [0.5, 0.6) is 5.75 Å². The number of nitrogens with zero attached hydrogens (tertiary/aromatic N) is 1. The zero-order valence-electron chi connectivity index (χ0n) is 17.6. The van der Waals surface area contributed by atoms with Crippen molar-refractivity contribution in [3.05, 3.63) is 74.0 Å². The van der Waals surface area contributed by atoms with Crippen LogP contribution >= 0.6 is 11.3 Å². The lowest BCUT2D eigenvalue weighted by atomic mass is 10.1. The van der Waals surface area contributed by atoms with Gasteiger partial charge in [0.2, 0.25) is 0 Å². The molecule has 0 fully saturated rings. The summed E-state index contributed by atoms with van der Waals surface area (Å²) < 4.78 is 15.9. The van der Waals surface area contributed by atoms with Crippen molar-refractivity contribution >= 4 is 39.8 Å². The lowest BCUT2D eigenvalue weighted by molar-refractivity contribution is -0.386. The Morgan fingerprint density at radius 3 is 2.61 bits per heavy atom. The number of benzene rings is 1. The third-order valence-corrected chi connectivity index (χ3v) is 5.62. The smallest absolute Gasteiger partial charge is 0.341 e. The van der Waals surface area contributed by atoms with E-state index in [-0.39, 0.29) is 51.6 Å². The van der Waals surface area contributed by atoms with Crippen LogP contribution in [0.4, 0.5) is 10.7 Å². The summed E-state index contributed by atoms with van der Waals surface area (Å²) in [6.45, 7) is 3.11. The first-order chi connectivity index (χ1) is 15.7. The van der Waals surface area contributed by atoms with Crippen LogP contribution in [0.1, 0.15) is 48.8 Å². The normalized spacial score (nSPS) is 10.5.